The Bertz CT molecular complexity index is 427. The zero-order valence-electron chi connectivity index (χ0n) is 10.8. The van der Waals surface area contributed by atoms with Gasteiger partial charge in [-0.15, -0.1) is 0 Å². The molecule has 2 saturated heterocycles. The molecule has 2 fully saturated rings. The van der Waals surface area contributed by atoms with E-state index in [4.69, 9.17) is 10.00 Å². The quantitative estimate of drug-likeness (QED) is 0.755. The van der Waals surface area contributed by atoms with E-state index in [9.17, 15) is 8.42 Å². The maximum atomic E-state index is 12.4. The molecule has 0 aromatic rings. The summed E-state index contributed by atoms with van der Waals surface area (Å²) in [7, 11) is -3.20. The van der Waals surface area contributed by atoms with Gasteiger partial charge in [-0.3, -0.25) is 0 Å². The number of nitriles is 1. The largest absolute Gasteiger partial charge is 0.381 e. The van der Waals surface area contributed by atoms with Gasteiger partial charge in [0.15, 0.2) is 0 Å². The summed E-state index contributed by atoms with van der Waals surface area (Å²) < 4.78 is 31.6. The summed E-state index contributed by atoms with van der Waals surface area (Å²) in [5.41, 5.74) is -0.359. The van der Waals surface area contributed by atoms with Crippen molar-refractivity contribution >= 4 is 10.0 Å². The van der Waals surface area contributed by atoms with Crippen molar-refractivity contribution in [2.24, 2.45) is 5.41 Å². The summed E-state index contributed by atoms with van der Waals surface area (Å²) in [5, 5.41) is 8.76. The van der Waals surface area contributed by atoms with Crippen LogP contribution >= 0.6 is 0 Å². The molecule has 0 atom stereocenters. The normalized spacial score (nSPS) is 26.7. The minimum absolute atomic E-state index is 0.294. The van der Waals surface area contributed by atoms with Crippen molar-refractivity contribution in [3.63, 3.8) is 0 Å². The first-order valence-corrected chi connectivity index (χ1v) is 7.96. The average Bonchev–Trinajstić information content (AvgIpc) is 2.40. The molecule has 0 amide bonds. The molecule has 0 spiro atoms. The Morgan fingerprint density at radius 3 is 2.33 bits per heavy atom. The van der Waals surface area contributed by atoms with Crippen molar-refractivity contribution in [1.82, 2.24) is 4.31 Å². The van der Waals surface area contributed by atoms with E-state index in [0.717, 1.165) is 0 Å². The van der Waals surface area contributed by atoms with Crippen LogP contribution in [0.3, 0.4) is 0 Å². The van der Waals surface area contributed by atoms with Crippen LogP contribution in [0.1, 0.15) is 32.6 Å². The predicted molar refractivity (Wildman–Crippen MR) is 67.3 cm³/mol. The molecule has 0 unspecified atom stereocenters. The molecule has 0 saturated carbocycles. The molecule has 0 aliphatic carbocycles. The number of ether oxygens (including phenoxy) is 1. The molecule has 5 nitrogen and oxygen atoms in total. The third-order valence-corrected chi connectivity index (χ3v) is 6.44. The highest BCUT2D eigenvalue weighted by Gasteiger charge is 2.38. The second-order valence-corrected chi connectivity index (χ2v) is 7.64. The van der Waals surface area contributed by atoms with Gasteiger partial charge in [0.05, 0.1) is 16.7 Å². The Morgan fingerprint density at radius 2 is 1.83 bits per heavy atom. The fourth-order valence-electron chi connectivity index (χ4n) is 2.53. The van der Waals surface area contributed by atoms with Crippen molar-refractivity contribution in [3.8, 4) is 6.07 Å². The summed E-state index contributed by atoms with van der Waals surface area (Å²) in [6, 6.07) is 2.29. The van der Waals surface area contributed by atoms with Gasteiger partial charge in [-0.05, 0) is 32.6 Å². The fourth-order valence-corrected chi connectivity index (χ4v) is 4.43. The SMILES string of the molecule is CC1(C#N)CCN(S(=O)(=O)C2CCOCC2)CC1. The summed E-state index contributed by atoms with van der Waals surface area (Å²) in [6.07, 6.45) is 2.45. The van der Waals surface area contributed by atoms with Crippen LogP contribution < -0.4 is 0 Å². The second-order valence-electron chi connectivity index (χ2n) is 5.43. The molecule has 0 N–H and O–H groups in total. The molecular formula is C12H20N2O3S. The van der Waals surface area contributed by atoms with E-state index in [2.05, 4.69) is 6.07 Å². The zero-order valence-corrected chi connectivity index (χ0v) is 11.6. The van der Waals surface area contributed by atoms with Crippen LogP contribution in [-0.2, 0) is 14.8 Å². The lowest BCUT2D eigenvalue weighted by Crippen LogP contribution is -2.46. The van der Waals surface area contributed by atoms with Crippen LogP contribution in [0, 0.1) is 16.7 Å². The summed E-state index contributed by atoms with van der Waals surface area (Å²) in [4.78, 5) is 0. The molecule has 102 valence electrons. The molecule has 18 heavy (non-hydrogen) atoms. The first-order valence-electron chi connectivity index (χ1n) is 6.46. The van der Waals surface area contributed by atoms with Crippen LogP contribution in [0.15, 0.2) is 0 Å². The van der Waals surface area contributed by atoms with Crippen molar-refractivity contribution in [2.45, 2.75) is 37.9 Å². The summed E-state index contributed by atoms with van der Waals surface area (Å²) in [5.74, 6) is 0. The van der Waals surface area contributed by atoms with Crippen LogP contribution in [0.5, 0.6) is 0 Å². The van der Waals surface area contributed by atoms with Gasteiger partial charge >= 0.3 is 0 Å². The maximum Gasteiger partial charge on any atom is 0.217 e. The van der Waals surface area contributed by atoms with Crippen LogP contribution in [-0.4, -0.2) is 44.3 Å². The lowest BCUT2D eigenvalue weighted by Gasteiger charge is -2.36. The monoisotopic (exact) mass is 272 g/mol. The summed E-state index contributed by atoms with van der Waals surface area (Å²) in [6.45, 7) is 3.93. The molecule has 2 rings (SSSR count). The number of rotatable bonds is 2. The number of hydrogen-bond acceptors (Lipinski definition) is 4. The Hall–Kier alpha value is -0.640. The van der Waals surface area contributed by atoms with Crippen molar-refractivity contribution in [1.29, 1.82) is 5.26 Å². The number of piperidine rings is 1. The Kier molecular flexibility index (Phi) is 3.95. The minimum atomic E-state index is -3.20. The molecule has 0 radical (unpaired) electrons. The zero-order chi connectivity index (χ0) is 13.2. The minimum Gasteiger partial charge on any atom is -0.381 e. The molecule has 0 bridgehead atoms. The third kappa shape index (κ3) is 2.68. The van der Waals surface area contributed by atoms with Gasteiger partial charge in [0.2, 0.25) is 10.0 Å². The van der Waals surface area contributed by atoms with Gasteiger partial charge in [0, 0.05) is 26.3 Å². The topological polar surface area (TPSA) is 70.4 Å². The molecule has 2 aliphatic rings. The van der Waals surface area contributed by atoms with E-state index in [-0.39, 0.29) is 10.7 Å². The van der Waals surface area contributed by atoms with Crippen molar-refractivity contribution < 1.29 is 13.2 Å². The van der Waals surface area contributed by atoms with Crippen LogP contribution in [0.25, 0.3) is 0 Å². The molecule has 0 aromatic carbocycles. The molecule has 0 aromatic heterocycles. The smallest absolute Gasteiger partial charge is 0.217 e. The fraction of sp³-hybridized carbons (Fsp3) is 0.917. The second kappa shape index (κ2) is 5.16. The van der Waals surface area contributed by atoms with Gasteiger partial charge in [-0.1, -0.05) is 0 Å². The third-order valence-electron chi connectivity index (χ3n) is 4.05. The maximum absolute atomic E-state index is 12.4. The van der Waals surface area contributed by atoms with E-state index in [1.807, 2.05) is 6.92 Å². The average molecular weight is 272 g/mol. The Morgan fingerprint density at radius 1 is 1.28 bits per heavy atom. The standard InChI is InChI=1S/C12H20N2O3S/c1-12(10-13)4-6-14(7-5-12)18(15,16)11-2-8-17-9-3-11/h11H,2-9H2,1H3. The first kappa shape index (κ1) is 13.8. The van der Waals surface area contributed by atoms with Crippen LogP contribution in [0.2, 0.25) is 0 Å². The first-order chi connectivity index (χ1) is 8.48. The van der Waals surface area contributed by atoms with Crippen molar-refractivity contribution in [3.05, 3.63) is 0 Å². The van der Waals surface area contributed by atoms with E-state index in [1.165, 1.54) is 0 Å². The number of sulfonamides is 1. The predicted octanol–water partition coefficient (Wildman–Crippen LogP) is 1.12. The molecule has 2 aliphatic heterocycles. The highest BCUT2D eigenvalue weighted by Crippen LogP contribution is 2.32. The van der Waals surface area contributed by atoms with Crippen molar-refractivity contribution in [2.75, 3.05) is 26.3 Å². The lowest BCUT2D eigenvalue weighted by molar-refractivity contribution is 0.0965. The number of nitrogens with zero attached hydrogens (tertiary/aromatic N) is 2. The van der Waals surface area contributed by atoms with Gasteiger partial charge < -0.3 is 4.74 Å². The Balaban J connectivity index is 2.02. The Labute approximate surface area is 109 Å². The van der Waals surface area contributed by atoms with Gasteiger partial charge in [0.1, 0.15) is 0 Å². The van der Waals surface area contributed by atoms with Crippen LogP contribution in [0.4, 0.5) is 0 Å². The van der Waals surface area contributed by atoms with Gasteiger partial charge in [-0.25, -0.2) is 12.7 Å². The van der Waals surface area contributed by atoms with E-state index in [0.29, 0.717) is 52.0 Å². The number of hydrogen-bond donors (Lipinski definition) is 0. The molecular weight excluding hydrogens is 252 g/mol. The van der Waals surface area contributed by atoms with E-state index in [1.54, 1.807) is 4.31 Å². The van der Waals surface area contributed by atoms with E-state index < -0.39 is 10.0 Å². The lowest BCUT2D eigenvalue weighted by atomic mass is 9.83. The highest BCUT2D eigenvalue weighted by molar-refractivity contribution is 7.89. The summed E-state index contributed by atoms with van der Waals surface area (Å²) >= 11 is 0. The van der Waals surface area contributed by atoms with Gasteiger partial charge in [0.25, 0.3) is 0 Å². The highest BCUT2D eigenvalue weighted by atomic mass is 32.2. The molecule has 6 heteroatoms. The molecule has 2 heterocycles. The van der Waals surface area contributed by atoms with E-state index >= 15 is 0 Å². The van der Waals surface area contributed by atoms with Gasteiger partial charge in [-0.2, -0.15) is 5.26 Å².